The summed E-state index contributed by atoms with van der Waals surface area (Å²) in [5, 5.41) is 3.14. The standard InChI is InChI=1S/C19H33N3O2/c1-19(2,3)20-17(23)15-5-4-10-22(13-15)16-8-11-21(12-9-16)18(24)14-6-7-14/h14-16H,4-13H2,1-3H3,(H,20,23)/t15-/m1/s1. The molecule has 1 saturated carbocycles. The van der Waals surface area contributed by atoms with Gasteiger partial charge in [0.25, 0.3) is 0 Å². The second kappa shape index (κ2) is 7.03. The second-order valence-corrected chi connectivity index (χ2v) is 8.90. The molecule has 0 bridgehead atoms. The van der Waals surface area contributed by atoms with Crippen LogP contribution < -0.4 is 5.32 Å². The number of hydrogen-bond donors (Lipinski definition) is 1. The SMILES string of the molecule is CC(C)(C)NC(=O)[C@@H]1CCCN(C2CCN(C(=O)C3CC3)CC2)C1. The molecule has 1 aliphatic carbocycles. The van der Waals surface area contributed by atoms with Crippen molar-refractivity contribution in [1.29, 1.82) is 0 Å². The van der Waals surface area contributed by atoms with E-state index in [1.54, 1.807) is 0 Å². The van der Waals surface area contributed by atoms with E-state index >= 15 is 0 Å². The van der Waals surface area contributed by atoms with Crippen LogP contribution in [0.1, 0.15) is 59.3 Å². The van der Waals surface area contributed by atoms with Crippen LogP contribution in [0.15, 0.2) is 0 Å². The summed E-state index contributed by atoms with van der Waals surface area (Å²) in [5.74, 6) is 1.04. The number of nitrogens with zero attached hydrogens (tertiary/aromatic N) is 2. The minimum Gasteiger partial charge on any atom is -0.351 e. The van der Waals surface area contributed by atoms with E-state index in [1.165, 1.54) is 0 Å². The molecule has 2 aliphatic heterocycles. The number of piperidine rings is 2. The minimum absolute atomic E-state index is 0.115. The molecule has 0 aromatic rings. The monoisotopic (exact) mass is 335 g/mol. The summed E-state index contributed by atoms with van der Waals surface area (Å²) in [6, 6.07) is 0.540. The molecule has 2 saturated heterocycles. The molecule has 3 aliphatic rings. The van der Waals surface area contributed by atoms with Crippen LogP contribution in [0.3, 0.4) is 0 Å². The molecule has 1 atom stereocenters. The van der Waals surface area contributed by atoms with Crippen LogP contribution in [0, 0.1) is 11.8 Å². The van der Waals surface area contributed by atoms with E-state index in [2.05, 4.69) is 15.1 Å². The maximum Gasteiger partial charge on any atom is 0.225 e. The van der Waals surface area contributed by atoms with Crippen LogP contribution >= 0.6 is 0 Å². The molecule has 0 aromatic heterocycles. The number of carbonyl (C=O) groups is 2. The molecule has 0 unspecified atom stereocenters. The molecule has 0 radical (unpaired) electrons. The molecule has 24 heavy (non-hydrogen) atoms. The quantitative estimate of drug-likeness (QED) is 0.858. The summed E-state index contributed by atoms with van der Waals surface area (Å²) in [4.78, 5) is 29.2. The molecule has 136 valence electrons. The Hall–Kier alpha value is -1.10. The van der Waals surface area contributed by atoms with E-state index in [1.807, 2.05) is 20.8 Å². The van der Waals surface area contributed by atoms with Crippen LogP contribution in [-0.2, 0) is 9.59 Å². The van der Waals surface area contributed by atoms with Crippen molar-refractivity contribution in [1.82, 2.24) is 15.1 Å². The number of hydrogen-bond acceptors (Lipinski definition) is 3. The number of nitrogens with one attached hydrogen (secondary N) is 1. The van der Waals surface area contributed by atoms with Crippen molar-refractivity contribution in [2.75, 3.05) is 26.2 Å². The zero-order valence-electron chi connectivity index (χ0n) is 15.5. The highest BCUT2D eigenvalue weighted by Gasteiger charge is 2.37. The van der Waals surface area contributed by atoms with Gasteiger partial charge in [-0.25, -0.2) is 0 Å². The lowest BCUT2D eigenvalue weighted by molar-refractivity contribution is -0.134. The fraction of sp³-hybridized carbons (Fsp3) is 0.895. The van der Waals surface area contributed by atoms with Gasteiger partial charge in [0.2, 0.25) is 11.8 Å². The number of carbonyl (C=O) groups excluding carboxylic acids is 2. The van der Waals surface area contributed by atoms with Gasteiger partial charge in [-0.2, -0.15) is 0 Å². The summed E-state index contributed by atoms with van der Waals surface area (Å²) < 4.78 is 0. The molecule has 3 fully saturated rings. The number of rotatable bonds is 3. The second-order valence-electron chi connectivity index (χ2n) is 8.90. The van der Waals surface area contributed by atoms with Crippen molar-refractivity contribution in [2.24, 2.45) is 11.8 Å². The summed E-state index contributed by atoms with van der Waals surface area (Å²) >= 11 is 0. The van der Waals surface area contributed by atoms with Gasteiger partial charge in [0.1, 0.15) is 0 Å². The first kappa shape index (κ1) is 17.7. The highest BCUT2D eigenvalue weighted by atomic mass is 16.2. The lowest BCUT2D eigenvalue weighted by Gasteiger charge is -2.42. The van der Waals surface area contributed by atoms with Crippen LogP contribution in [-0.4, -0.2) is 59.4 Å². The molecule has 3 rings (SSSR count). The van der Waals surface area contributed by atoms with Crippen LogP contribution in [0.2, 0.25) is 0 Å². The number of likely N-dealkylation sites (tertiary alicyclic amines) is 2. The Kier molecular flexibility index (Phi) is 5.19. The maximum absolute atomic E-state index is 12.5. The summed E-state index contributed by atoms with van der Waals surface area (Å²) in [5.41, 5.74) is -0.159. The lowest BCUT2D eigenvalue weighted by atomic mass is 9.92. The highest BCUT2D eigenvalue weighted by molar-refractivity contribution is 5.81. The first-order chi connectivity index (χ1) is 11.3. The first-order valence-electron chi connectivity index (χ1n) is 9.68. The fourth-order valence-electron chi connectivity index (χ4n) is 4.06. The topological polar surface area (TPSA) is 52.7 Å². The van der Waals surface area contributed by atoms with Gasteiger partial charge < -0.3 is 10.2 Å². The molecular formula is C19H33N3O2. The average Bonchev–Trinajstić information content (AvgIpc) is 3.38. The Morgan fingerprint density at radius 3 is 2.17 bits per heavy atom. The van der Waals surface area contributed by atoms with Crippen LogP contribution in [0.4, 0.5) is 0 Å². The van der Waals surface area contributed by atoms with Gasteiger partial charge in [-0.15, -0.1) is 0 Å². The molecular weight excluding hydrogens is 302 g/mol. The van der Waals surface area contributed by atoms with Crippen molar-refractivity contribution >= 4 is 11.8 Å². The van der Waals surface area contributed by atoms with E-state index in [0.717, 1.165) is 64.7 Å². The van der Waals surface area contributed by atoms with Gasteiger partial charge in [0, 0.05) is 37.1 Å². The third kappa shape index (κ3) is 4.50. The average molecular weight is 335 g/mol. The van der Waals surface area contributed by atoms with E-state index in [4.69, 9.17) is 0 Å². The first-order valence-corrected chi connectivity index (χ1v) is 9.68. The third-order valence-electron chi connectivity index (χ3n) is 5.54. The summed E-state index contributed by atoms with van der Waals surface area (Å²) in [6.45, 7) is 9.89. The van der Waals surface area contributed by atoms with Gasteiger partial charge in [0.15, 0.2) is 0 Å². The minimum atomic E-state index is -0.159. The highest BCUT2D eigenvalue weighted by Crippen LogP contribution is 2.32. The lowest BCUT2D eigenvalue weighted by Crippen LogP contribution is -2.53. The predicted octanol–water partition coefficient (Wildman–Crippen LogP) is 2.01. The fourth-order valence-corrected chi connectivity index (χ4v) is 4.06. The van der Waals surface area contributed by atoms with Crippen molar-refractivity contribution in [3.63, 3.8) is 0 Å². The normalized spacial score (nSPS) is 27.1. The molecule has 5 nitrogen and oxygen atoms in total. The molecule has 1 N–H and O–H groups in total. The van der Waals surface area contributed by atoms with E-state index < -0.39 is 0 Å². The van der Waals surface area contributed by atoms with Crippen molar-refractivity contribution in [3.05, 3.63) is 0 Å². The molecule has 0 aromatic carbocycles. The Bertz CT molecular complexity index is 473. The number of amides is 2. The predicted molar refractivity (Wildman–Crippen MR) is 94.5 cm³/mol. The largest absolute Gasteiger partial charge is 0.351 e. The van der Waals surface area contributed by atoms with Crippen molar-refractivity contribution in [2.45, 2.75) is 70.9 Å². The maximum atomic E-state index is 12.5. The molecule has 0 spiro atoms. The molecule has 2 amide bonds. The van der Waals surface area contributed by atoms with Gasteiger partial charge in [-0.1, -0.05) is 0 Å². The van der Waals surface area contributed by atoms with Crippen LogP contribution in [0.25, 0.3) is 0 Å². The van der Waals surface area contributed by atoms with Crippen LogP contribution in [0.5, 0.6) is 0 Å². The Morgan fingerprint density at radius 2 is 1.58 bits per heavy atom. The Labute approximate surface area is 146 Å². The molecule has 5 heteroatoms. The summed E-state index contributed by atoms with van der Waals surface area (Å²) in [6.07, 6.45) is 6.41. The van der Waals surface area contributed by atoms with E-state index in [0.29, 0.717) is 17.9 Å². The van der Waals surface area contributed by atoms with Gasteiger partial charge in [-0.3, -0.25) is 14.5 Å². The van der Waals surface area contributed by atoms with E-state index in [9.17, 15) is 9.59 Å². The zero-order chi connectivity index (χ0) is 17.3. The van der Waals surface area contributed by atoms with Crippen molar-refractivity contribution < 1.29 is 9.59 Å². The Morgan fingerprint density at radius 1 is 0.917 bits per heavy atom. The smallest absolute Gasteiger partial charge is 0.225 e. The zero-order valence-corrected chi connectivity index (χ0v) is 15.5. The Balaban J connectivity index is 1.48. The van der Waals surface area contributed by atoms with Gasteiger partial charge in [0.05, 0.1) is 5.92 Å². The van der Waals surface area contributed by atoms with Crippen molar-refractivity contribution in [3.8, 4) is 0 Å². The molecule has 2 heterocycles. The summed E-state index contributed by atoms with van der Waals surface area (Å²) in [7, 11) is 0. The van der Waals surface area contributed by atoms with Gasteiger partial charge in [-0.05, 0) is 65.8 Å². The van der Waals surface area contributed by atoms with Gasteiger partial charge >= 0.3 is 0 Å². The third-order valence-corrected chi connectivity index (χ3v) is 5.54. The van der Waals surface area contributed by atoms with E-state index in [-0.39, 0.29) is 17.4 Å².